The highest BCUT2D eigenvalue weighted by atomic mass is 16.6. The van der Waals surface area contributed by atoms with Crippen LogP contribution in [0.1, 0.15) is 35.5 Å². The lowest BCUT2D eigenvalue weighted by Crippen LogP contribution is -2.40. The molecule has 2 rings (SSSR count). The van der Waals surface area contributed by atoms with Gasteiger partial charge in [0.2, 0.25) is 5.76 Å². The molecule has 1 amide bonds. The van der Waals surface area contributed by atoms with E-state index < -0.39 is 12.1 Å². The van der Waals surface area contributed by atoms with Crippen molar-refractivity contribution in [2.45, 2.75) is 33.4 Å². The molecular formula is C18H21NO4. The highest BCUT2D eigenvalue weighted by Gasteiger charge is 2.27. The van der Waals surface area contributed by atoms with Gasteiger partial charge in [-0.2, -0.15) is 0 Å². The SMILES string of the molecule is Cc1ccc(CNC(=O)[C@@H](OC(=O)c2ccco2)C(C)C)cc1. The summed E-state index contributed by atoms with van der Waals surface area (Å²) in [6.45, 7) is 6.04. The fourth-order valence-corrected chi connectivity index (χ4v) is 2.06. The third-order valence-corrected chi connectivity index (χ3v) is 3.41. The fraction of sp³-hybridized carbons (Fsp3) is 0.333. The maximum atomic E-state index is 12.3. The average molecular weight is 315 g/mol. The lowest BCUT2D eigenvalue weighted by molar-refractivity contribution is -0.132. The van der Waals surface area contributed by atoms with Gasteiger partial charge in [0.25, 0.3) is 5.91 Å². The molecule has 23 heavy (non-hydrogen) atoms. The van der Waals surface area contributed by atoms with Crippen LogP contribution in [0.25, 0.3) is 0 Å². The molecule has 0 fully saturated rings. The Bertz CT molecular complexity index is 644. The molecule has 1 heterocycles. The summed E-state index contributed by atoms with van der Waals surface area (Å²) in [4.78, 5) is 24.3. The van der Waals surface area contributed by atoms with Crippen LogP contribution in [0.15, 0.2) is 47.1 Å². The summed E-state index contributed by atoms with van der Waals surface area (Å²) in [7, 11) is 0. The summed E-state index contributed by atoms with van der Waals surface area (Å²) in [6.07, 6.45) is 0.524. The molecule has 5 nitrogen and oxygen atoms in total. The maximum absolute atomic E-state index is 12.3. The van der Waals surface area contributed by atoms with E-state index in [9.17, 15) is 9.59 Å². The zero-order chi connectivity index (χ0) is 16.8. The summed E-state index contributed by atoms with van der Waals surface area (Å²) in [6, 6.07) is 11.0. The van der Waals surface area contributed by atoms with E-state index in [1.165, 1.54) is 12.3 Å². The molecule has 1 atom stereocenters. The molecule has 0 spiro atoms. The Labute approximate surface area is 135 Å². The quantitative estimate of drug-likeness (QED) is 0.832. The van der Waals surface area contributed by atoms with E-state index in [4.69, 9.17) is 9.15 Å². The van der Waals surface area contributed by atoms with Crippen molar-refractivity contribution in [2.75, 3.05) is 0 Å². The van der Waals surface area contributed by atoms with E-state index in [0.717, 1.165) is 11.1 Å². The Kier molecular flexibility index (Phi) is 5.57. The first-order chi connectivity index (χ1) is 11.0. The Hall–Kier alpha value is -2.56. The largest absolute Gasteiger partial charge is 0.457 e. The number of hydrogen-bond acceptors (Lipinski definition) is 4. The molecule has 0 saturated heterocycles. The third-order valence-electron chi connectivity index (χ3n) is 3.41. The zero-order valence-corrected chi connectivity index (χ0v) is 13.5. The molecule has 0 saturated carbocycles. The molecule has 0 aliphatic heterocycles. The van der Waals surface area contributed by atoms with Crippen molar-refractivity contribution in [3.05, 3.63) is 59.5 Å². The monoisotopic (exact) mass is 315 g/mol. The number of furan rings is 1. The predicted octanol–water partition coefficient (Wildman–Crippen LogP) is 3.09. The number of rotatable bonds is 6. The van der Waals surface area contributed by atoms with Gasteiger partial charge in [-0.3, -0.25) is 4.79 Å². The lowest BCUT2D eigenvalue weighted by Gasteiger charge is -2.20. The second-order valence-corrected chi connectivity index (χ2v) is 5.75. The van der Waals surface area contributed by atoms with Crippen molar-refractivity contribution in [1.29, 1.82) is 0 Å². The van der Waals surface area contributed by atoms with Crippen molar-refractivity contribution in [3.63, 3.8) is 0 Å². The standard InChI is InChI=1S/C18H21NO4/c1-12(2)16(23-18(21)15-5-4-10-22-15)17(20)19-11-14-8-6-13(3)7-9-14/h4-10,12,16H,11H2,1-3H3,(H,19,20)/t16-/m0/s1. The number of carbonyl (C=O) groups is 2. The molecule has 1 N–H and O–H groups in total. The molecule has 2 aromatic rings. The van der Waals surface area contributed by atoms with Gasteiger partial charge in [-0.1, -0.05) is 43.7 Å². The van der Waals surface area contributed by atoms with Crippen LogP contribution < -0.4 is 5.32 Å². The van der Waals surface area contributed by atoms with Crippen LogP contribution in [0, 0.1) is 12.8 Å². The van der Waals surface area contributed by atoms with Gasteiger partial charge in [-0.05, 0) is 30.5 Å². The van der Waals surface area contributed by atoms with E-state index in [0.29, 0.717) is 6.54 Å². The Balaban J connectivity index is 1.95. The van der Waals surface area contributed by atoms with Crippen molar-refractivity contribution >= 4 is 11.9 Å². The summed E-state index contributed by atoms with van der Waals surface area (Å²) in [5.74, 6) is -1.02. The number of ether oxygens (including phenoxy) is 1. The van der Waals surface area contributed by atoms with Gasteiger partial charge in [-0.25, -0.2) is 4.79 Å². The highest BCUT2D eigenvalue weighted by molar-refractivity contribution is 5.90. The highest BCUT2D eigenvalue weighted by Crippen LogP contribution is 2.12. The van der Waals surface area contributed by atoms with Crippen LogP contribution in [-0.4, -0.2) is 18.0 Å². The minimum absolute atomic E-state index is 0.0852. The summed E-state index contributed by atoms with van der Waals surface area (Å²) in [5, 5.41) is 2.80. The molecule has 1 aromatic carbocycles. The van der Waals surface area contributed by atoms with Gasteiger partial charge in [-0.15, -0.1) is 0 Å². The number of hydrogen-bond donors (Lipinski definition) is 1. The first-order valence-corrected chi connectivity index (χ1v) is 7.55. The van der Waals surface area contributed by atoms with Crippen molar-refractivity contribution < 1.29 is 18.7 Å². The second kappa shape index (κ2) is 7.63. The van der Waals surface area contributed by atoms with Crippen LogP contribution in [0.3, 0.4) is 0 Å². The molecule has 0 unspecified atom stereocenters. The molecule has 0 aliphatic carbocycles. The van der Waals surface area contributed by atoms with Crippen LogP contribution in [0.4, 0.5) is 0 Å². The molecule has 0 bridgehead atoms. The Morgan fingerprint density at radius 3 is 2.43 bits per heavy atom. The van der Waals surface area contributed by atoms with Gasteiger partial charge in [0.1, 0.15) is 0 Å². The Morgan fingerprint density at radius 2 is 1.87 bits per heavy atom. The molecule has 1 aromatic heterocycles. The Morgan fingerprint density at radius 1 is 1.17 bits per heavy atom. The number of aryl methyl sites for hydroxylation is 1. The number of benzene rings is 1. The van der Waals surface area contributed by atoms with E-state index in [2.05, 4.69) is 5.32 Å². The van der Waals surface area contributed by atoms with Gasteiger partial charge >= 0.3 is 5.97 Å². The van der Waals surface area contributed by atoms with E-state index in [1.54, 1.807) is 6.07 Å². The summed E-state index contributed by atoms with van der Waals surface area (Å²) < 4.78 is 10.3. The zero-order valence-electron chi connectivity index (χ0n) is 13.5. The molecule has 5 heteroatoms. The van der Waals surface area contributed by atoms with Gasteiger partial charge in [0.05, 0.1) is 6.26 Å². The summed E-state index contributed by atoms with van der Waals surface area (Å²) >= 11 is 0. The minimum Gasteiger partial charge on any atom is -0.457 e. The molecule has 122 valence electrons. The van der Waals surface area contributed by atoms with Crippen LogP contribution >= 0.6 is 0 Å². The number of nitrogens with one attached hydrogen (secondary N) is 1. The number of carbonyl (C=O) groups excluding carboxylic acids is 2. The van der Waals surface area contributed by atoms with E-state index in [-0.39, 0.29) is 17.6 Å². The normalized spacial score (nSPS) is 12.0. The number of esters is 1. The van der Waals surface area contributed by atoms with Crippen molar-refractivity contribution in [2.24, 2.45) is 5.92 Å². The maximum Gasteiger partial charge on any atom is 0.375 e. The van der Waals surface area contributed by atoms with Gasteiger partial charge in [0, 0.05) is 6.54 Å². The van der Waals surface area contributed by atoms with E-state index >= 15 is 0 Å². The average Bonchev–Trinajstić information content (AvgIpc) is 3.05. The first kappa shape index (κ1) is 16.8. The van der Waals surface area contributed by atoms with Crippen LogP contribution in [-0.2, 0) is 16.1 Å². The van der Waals surface area contributed by atoms with Crippen LogP contribution in [0.5, 0.6) is 0 Å². The number of amides is 1. The minimum atomic E-state index is -0.863. The van der Waals surface area contributed by atoms with Crippen LogP contribution in [0.2, 0.25) is 0 Å². The van der Waals surface area contributed by atoms with Crippen molar-refractivity contribution in [3.8, 4) is 0 Å². The smallest absolute Gasteiger partial charge is 0.375 e. The predicted molar refractivity (Wildman–Crippen MR) is 85.8 cm³/mol. The first-order valence-electron chi connectivity index (χ1n) is 7.55. The third kappa shape index (κ3) is 4.71. The van der Waals surface area contributed by atoms with Crippen molar-refractivity contribution in [1.82, 2.24) is 5.32 Å². The lowest BCUT2D eigenvalue weighted by atomic mass is 10.1. The second-order valence-electron chi connectivity index (χ2n) is 5.75. The van der Waals surface area contributed by atoms with Gasteiger partial charge < -0.3 is 14.5 Å². The molecule has 0 radical (unpaired) electrons. The molecule has 0 aliphatic rings. The topological polar surface area (TPSA) is 68.5 Å². The fourth-order valence-electron chi connectivity index (χ4n) is 2.06. The molecular weight excluding hydrogens is 294 g/mol. The van der Waals surface area contributed by atoms with E-state index in [1.807, 2.05) is 45.0 Å². The summed E-state index contributed by atoms with van der Waals surface area (Å²) in [5.41, 5.74) is 2.15. The van der Waals surface area contributed by atoms with Gasteiger partial charge in [0.15, 0.2) is 6.10 Å².